The van der Waals surface area contributed by atoms with E-state index in [4.69, 9.17) is 5.73 Å². The van der Waals surface area contributed by atoms with E-state index in [1.54, 1.807) is 0 Å². The first-order valence-corrected chi connectivity index (χ1v) is 4.71. The Morgan fingerprint density at radius 2 is 2.15 bits per heavy atom. The van der Waals surface area contributed by atoms with Gasteiger partial charge in [-0.15, -0.1) is 0 Å². The van der Waals surface area contributed by atoms with Crippen molar-refractivity contribution in [1.82, 2.24) is 5.32 Å². The predicted octanol–water partition coefficient (Wildman–Crippen LogP) is -0.142. The molecule has 4 heteroatoms. The molecule has 4 nitrogen and oxygen atoms in total. The maximum Gasteiger partial charge on any atom is 0.221 e. The summed E-state index contributed by atoms with van der Waals surface area (Å²) < 4.78 is 0. The van der Waals surface area contributed by atoms with E-state index < -0.39 is 6.10 Å². The average molecular weight is 188 g/mol. The number of nitrogens with one attached hydrogen (secondary N) is 1. The van der Waals surface area contributed by atoms with Crippen molar-refractivity contribution in [3.05, 3.63) is 0 Å². The van der Waals surface area contributed by atoms with Gasteiger partial charge < -0.3 is 16.2 Å². The molecule has 0 aliphatic carbocycles. The van der Waals surface area contributed by atoms with Crippen molar-refractivity contribution in [3.8, 4) is 0 Å². The molecule has 0 fully saturated rings. The number of aliphatic hydroxyl groups excluding tert-OH is 1. The maximum atomic E-state index is 10.9. The average Bonchev–Trinajstić information content (AvgIpc) is 2.00. The molecule has 1 amide bonds. The van der Waals surface area contributed by atoms with E-state index in [0.717, 1.165) is 0 Å². The molecule has 13 heavy (non-hydrogen) atoms. The van der Waals surface area contributed by atoms with Crippen LogP contribution >= 0.6 is 0 Å². The van der Waals surface area contributed by atoms with E-state index in [2.05, 4.69) is 5.32 Å². The molecule has 0 spiro atoms. The molecule has 0 rings (SSSR count). The van der Waals surface area contributed by atoms with E-state index in [0.29, 0.717) is 31.8 Å². The van der Waals surface area contributed by atoms with Crippen molar-refractivity contribution >= 4 is 5.91 Å². The standard InChI is InChI=1S/C9H20N2O2/c1-7(2)5-8(12)6-11-9(13)3-4-10/h7-8,12H,3-6,10H2,1-2H3,(H,11,13). The van der Waals surface area contributed by atoms with Gasteiger partial charge in [0.2, 0.25) is 5.91 Å². The number of hydrogen-bond donors (Lipinski definition) is 3. The number of rotatable bonds is 6. The third-order valence-corrected chi connectivity index (χ3v) is 1.65. The van der Waals surface area contributed by atoms with Crippen LogP contribution in [0.5, 0.6) is 0 Å². The molecule has 0 bridgehead atoms. The summed E-state index contributed by atoms with van der Waals surface area (Å²) in [7, 11) is 0. The van der Waals surface area contributed by atoms with Crippen LogP contribution in [0.15, 0.2) is 0 Å². The van der Waals surface area contributed by atoms with Crippen LogP contribution in [0.3, 0.4) is 0 Å². The van der Waals surface area contributed by atoms with Crippen LogP contribution in [0.4, 0.5) is 0 Å². The van der Waals surface area contributed by atoms with Crippen LogP contribution in [0.1, 0.15) is 26.7 Å². The van der Waals surface area contributed by atoms with Crippen molar-refractivity contribution in [2.24, 2.45) is 11.7 Å². The van der Waals surface area contributed by atoms with E-state index in [-0.39, 0.29) is 5.91 Å². The summed E-state index contributed by atoms with van der Waals surface area (Å²) in [6, 6.07) is 0. The lowest BCUT2D eigenvalue weighted by atomic mass is 10.1. The smallest absolute Gasteiger partial charge is 0.221 e. The maximum absolute atomic E-state index is 10.9. The van der Waals surface area contributed by atoms with Crippen molar-refractivity contribution in [2.45, 2.75) is 32.8 Å². The van der Waals surface area contributed by atoms with Gasteiger partial charge in [0.15, 0.2) is 0 Å². The van der Waals surface area contributed by atoms with Crippen LogP contribution in [0.2, 0.25) is 0 Å². The second-order valence-electron chi connectivity index (χ2n) is 3.63. The fraction of sp³-hybridized carbons (Fsp3) is 0.889. The Kier molecular flexibility index (Phi) is 6.54. The Morgan fingerprint density at radius 3 is 2.62 bits per heavy atom. The third-order valence-electron chi connectivity index (χ3n) is 1.65. The quantitative estimate of drug-likeness (QED) is 0.543. The fourth-order valence-corrected chi connectivity index (χ4v) is 1.08. The highest BCUT2D eigenvalue weighted by Crippen LogP contribution is 2.02. The van der Waals surface area contributed by atoms with E-state index >= 15 is 0 Å². The summed E-state index contributed by atoms with van der Waals surface area (Å²) in [5, 5.41) is 12.0. The minimum atomic E-state index is -0.443. The SMILES string of the molecule is CC(C)CC(O)CNC(=O)CCN. The molecule has 4 N–H and O–H groups in total. The van der Waals surface area contributed by atoms with Gasteiger partial charge in [0, 0.05) is 19.5 Å². The number of hydrogen-bond acceptors (Lipinski definition) is 3. The second kappa shape index (κ2) is 6.86. The molecular formula is C9H20N2O2. The predicted molar refractivity (Wildman–Crippen MR) is 52.1 cm³/mol. The highest BCUT2D eigenvalue weighted by atomic mass is 16.3. The summed E-state index contributed by atoms with van der Waals surface area (Å²) in [4.78, 5) is 10.9. The minimum absolute atomic E-state index is 0.0923. The van der Waals surface area contributed by atoms with Gasteiger partial charge in [0.25, 0.3) is 0 Å². The lowest BCUT2D eigenvalue weighted by Gasteiger charge is -2.13. The molecule has 0 aromatic rings. The van der Waals surface area contributed by atoms with Gasteiger partial charge in [-0.2, -0.15) is 0 Å². The zero-order valence-electron chi connectivity index (χ0n) is 8.42. The lowest BCUT2D eigenvalue weighted by Crippen LogP contribution is -2.33. The van der Waals surface area contributed by atoms with Crippen LogP contribution in [0.25, 0.3) is 0 Å². The molecule has 0 aliphatic rings. The first-order chi connectivity index (χ1) is 6.06. The highest BCUT2D eigenvalue weighted by molar-refractivity contribution is 5.76. The Balaban J connectivity index is 3.45. The second-order valence-corrected chi connectivity index (χ2v) is 3.63. The van der Waals surface area contributed by atoms with Gasteiger partial charge >= 0.3 is 0 Å². The van der Waals surface area contributed by atoms with Gasteiger partial charge in [-0.25, -0.2) is 0 Å². The lowest BCUT2D eigenvalue weighted by molar-refractivity contribution is -0.121. The molecule has 78 valence electrons. The minimum Gasteiger partial charge on any atom is -0.391 e. The molecule has 0 radical (unpaired) electrons. The van der Waals surface area contributed by atoms with Crippen LogP contribution in [-0.2, 0) is 4.79 Å². The highest BCUT2D eigenvalue weighted by Gasteiger charge is 2.07. The van der Waals surface area contributed by atoms with Crippen molar-refractivity contribution in [2.75, 3.05) is 13.1 Å². The number of nitrogens with two attached hydrogens (primary N) is 1. The Labute approximate surface area is 79.5 Å². The monoisotopic (exact) mass is 188 g/mol. The largest absolute Gasteiger partial charge is 0.391 e. The van der Waals surface area contributed by atoms with Gasteiger partial charge in [-0.3, -0.25) is 4.79 Å². The summed E-state index contributed by atoms with van der Waals surface area (Å²) >= 11 is 0. The zero-order chi connectivity index (χ0) is 10.3. The molecule has 0 aliphatic heterocycles. The number of aliphatic hydroxyl groups is 1. The molecule has 0 heterocycles. The van der Waals surface area contributed by atoms with E-state index in [1.807, 2.05) is 13.8 Å². The number of amides is 1. The number of carbonyl (C=O) groups excluding carboxylic acids is 1. The van der Waals surface area contributed by atoms with Crippen LogP contribution in [-0.4, -0.2) is 30.2 Å². The summed E-state index contributed by atoms with van der Waals surface area (Å²) in [5.74, 6) is 0.353. The molecule has 0 aromatic heterocycles. The Hall–Kier alpha value is -0.610. The number of carbonyl (C=O) groups is 1. The van der Waals surface area contributed by atoms with E-state index in [9.17, 15) is 9.90 Å². The first-order valence-electron chi connectivity index (χ1n) is 4.71. The van der Waals surface area contributed by atoms with Crippen molar-refractivity contribution < 1.29 is 9.90 Å². The molecule has 0 aromatic carbocycles. The van der Waals surface area contributed by atoms with Gasteiger partial charge in [0.05, 0.1) is 6.10 Å². The normalized spacial score (nSPS) is 13.0. The van der Waals surface area contributed by atoms with Crippen LogP contribution < -0.4 is 11.1 Å². The van der Waals surface area contributed by atoms with Crippen molar-refractivity contribution in [1.29, 1.82) is 0 Å². The van der Waals surface area contributed by atoms with Gasteiger partial charge in [-0.05, 0) is 12.3 Å². The third kappa shape index (κ3) is 7.74. The van der Waals surface area contributed by atoms with Gasteiger partial charge in [0.1, 0.15) is 0 Å². The fourth-order valence-electron chi connectivity index (χ4n) is 1.08. The van der Waals surface area contributed by atoms with Crippen LogP contribution in [0, 0.1) is 5.92 Å². The summed E-state index contributed by atoms with van der Waals surface area (Å²) in [6.45, 7) is 4.75. The molecular weight excluding hydrogens is 168 g/mol. The molecule has 1 atom stereocenters. The van der Waals surface area contributed by atoms with Gasteiger partial charge in [-0.1, -0.05) is 13.8 Å². The van der Waals surface area contributed by atoms with E-state index in [1.165, 1.54) is 0 Å². The summed E-state index contributed by atoms with van der Waals surface area (Å²) in [5.41, 5.74) is 5.19. The Bertz CT molecular complexity index is 149. The summed E-state index contributed by atoms with van der Waals surface area (Å²) in [6.07, 6.45) is 0.596. The zero-order valence-corrected chi connectivity index (χ0v) is 8.42. The molecule has 1 unspecified atom stereocenters. The molecule has 0 saturated carbocycles. The van der Waals surface area contributed by atoms with Crippen molar-refractivity contribution in [3.63, 3.8) is 0 Å². The first kappa shape index (κ1) is 12.4. The topological polar surface area (TPSA) is 75.3 Å². The Morgan fingerprint density at radius 1 is 1.54 bits per heavy atom. The molecule has 0 saturated heterocycles.